The summed E-state index contributed by atoms with van der Waals surface area (Å²) in [5.41, 5.74) is 1.27. The van der Waals surface area contributed by atoms with Gasteiger partial charge in [0, 0.05) is 5.75 Å². The van der Waals surface area contributed by atoms with Crippen LogP contribution in [0.5, 0.6) is 0 Å². The third-order valence-corrected chi connectivity index (χ3v) is 4.94. The van der Waals surface area contributed by atoms with Crippen LogP contribution in [-0.4, -0.2) is 5.04 Å². The summed E-state index contributed by atoms with van der Waals surface area (Å²) in [6.45, 7) is 0. The lowest BCUT2D eigenvalue weighted by Crippen LogP contribution is -1.90. The number of thiophene rings is 1. The first-order valence-corrected chi connectivity index (χ1v) is 7.92. The Bertz CT molecular complexity index is 702. The molecule has 2 aromatic carbocycles. The van der Waals surface area contributed by atoms with E-state index >= 15 is 0 Å². The number of fused-ring (bicyclic) bond motifs is 1. The van der Waals surface area contributed by atoms with Gasteiger partial charge in [-0.15, -0.1) is 23.1 Å². The van der Waals surface area contributed by atoms with Gasteiger partial charge in [-0.3, -0.25) is 5.41 Å². The van der Waals surface area contributed by atoms with Crippen LogP contribution in [-0.2, 0) is 5.75 Å². The second kappa shape index (κ2) is 5.59. The van der Waals surface area contributed by atoms with E-state index in [1.54, 1.807) is 23.1 Å². The average Bonchev–Trinajstić information content (AvgIpc) is 2.99. The molecule has 0 radical (unpaired) electrons. The number of hydrogen-bond donors (Lipinski definition) is 1. The molecule has 3 aromatic rings. The Kier molecular flexibility index (Phi) is 3.67. The summed E-state index contributed by atoms with van der Waals surface area (Å²) in [7, 11) is 0. The molecule has 19 heavy (non-hydrogen) atoms. The van der Waals surface area contributed by atoms with Gasteiger partial charge in [-0.05, 0) is 27.8 Å². The Morgan fingerprint density at radius 3 is 2.63 bits per heavy atom. The van der Waals surface area contributed by atoms with Crippen molar-refractivity contribution in [1.82, 2.24) is 0 Å². The van der Waals surface area contributed by atoms with Crippen LogP contribution < -0.4 is 0 Å². The van der Waals surface area contributed by atoms with E-state index in [1.807, 2.05) is 17.5 Å². The van der Waals surface area contributed by atoms with Crippen molar-refractivity contribution in [3.05, 3.63) is 70.4 Å². The predicted octanol–water partition coefficient (Wildman–Crippen LogP) is 5.16. The fourth-order valence-electron chi connectivity index (χ4n) is 1.96. The van der Waals surface area contributed by atoms with Crippen LogP contribution in [0.2, 0.25) is 0 Å². The Morgan fingerprint density at radius 2 is 1.84 bits per heavy atom. The maximum atomic E-state index is 8.03. The van der Waals surface area contributed by atoms with Crippen LogP contribution in [0.25, 0.3) is 10.8 Å². The van der Waals surface area contributed by atoms with E-state index in [2.05, 4.69) is 42.5 Å². The molecular formula is C16H13NS2. The van der Waals surface area contributed by atoms with Crippen molar-refractivity contribution in [3.63, 3.8) is 0 Å². The minimum Gasteiger partial charge on any atom is -0.293 e. The van der Waals surface area contributed by atoms with Gasteiger partial charge < -0.3 is 0 Å². The van der Waals surface area contributed by atoms with Crippen molar-refractivity contribution in [2.75, 3.05) is 0 Å². The van der Waals surface area contributed by atoms with Gasteiger partial charge in [0.15, 0.2) is 0 Å². The Balaban J connectivity index is 1.73. The Morgan fingerprint density at radius 1 is 1.00 bits per heavy atom. The van der Waals surface area contributed by atoms with E-state index in [0.717, 1.165) is 10.6 Å². The molecule has 0 atom stereocenters. The van der Waals surface area contributed by atoms with E-state index < -0.39 is 0 Å². The van der Waals surface area contributed by atoms with E-state index in [9.17, 15) is 0 Å². The molecule has 1 aromatic heterocycles. The van der Waals surface area contributed by atoms with Crippen molar-refractivity contribution < 1.29 is 0 Å². The number of benzene rings is 2. The zero-order chi connectivity index (χ0) is 13.1. The molecule has 0 saturated carbocycles. The molecule has 94 valence electrons. The van der Waals surface area contributed by atoms with Crippen molar-refractivity contribution in [2.45, 2.75) is 5.75 Å². The molecule has 0 bridgehead atoms. The quantitative estimate of drug-likeness (QED) is 0.521. The molecular weight excluding hydrogens is 270 g/mol. The second-order valence-electron chi connectivity index (χ2n) is 4.28. The summed E-state index contributed by atoms with van der Waals surface area (Å²) in [6, 6.07) is 18.9. The summed E-state index contributed by atoms with van der Waals surface area (Å²) in [4.78, 5) is 1.05. The van der Waals surface area contributed by atoms with E-state index in [4.69, 9.17) is 5.41 Å². The minimum atomic E-state index is 0.656. The fraction of sp³-hybridized carbons (Fsp3) is 0.0625. The molecule has 0 aliphatic carbocycles. The fourth-order valence-corrected chi connectivity index (χ4v) is 3.55. The molecule has 1 heterocycles. The highest BCUT2D eigenvalue weighted by Gasteiger charge is 2.04. The lowest BCUT2D eigenvalue weighted by Gasteiger charge is -2.04. The first-order valence-electron chi connectivity index (χ1n) is 6.06. The highest BCUT2D eigenvalue weighted by molar-refractivity contribution is 8.13. The molecule has 3 heteroatoms. The molecule has 1 nitrogen and oxygen atoms in total. The molecule has 3 rings (SSSR count). The molecule has 0 aliphatic heterocycles. The first kappa shape index (κ1) is 12.5. The largest absolute Gasteiger partial charge is 0.293 e. The third-order valence-electron chi connectivity index (χ3n) is 2.94. The predicted molar refractivity (Wildman–Crippen MR) is 86.4 cm³/mol. The highest BCUT2D eigenvalue weighted by atomic mass is 32.2. The monoisotopic (exact) mass is 283 g/mol. The highest BCUT2D eigenvalue weighted by Crippen LogP contribution is 2.23. The normalized spacial score (nSPS) is 10.7. The van der Waals surface area contributed by atoms with Gasteiger partial charge in [0.25, 0.3) is 0 Å². The smallest absolute Gasteiger partial charge is 0.105 e. The van der Waals surface area contributed by atoms with Gasteiger partial charge in [0.05, 0.1) is 4.88 Å². The van der Waals surface area contributed by atoms with Crippen LogP contribution in [0.1, 0.15) is 10.4 Å². The number of nitrogens with one attached hydrogen (secondary N) is 1. The molecule has 0 amide bonds. The molecule has 1 N–H and O–H groups in total. The average molecular weight is 283 g/mol. The lowest BCUT2D eigenvalue weighted by atomic mass is 10.1. The van der Waals surface area contributed by atoms with E-state index in [0.29, 0.717) is 5.04 Å². The Labute approximate surface area is 120 Å². The van der Waals surface area contributed by atoms with Gasteiger partial charge in [-0.25, -0.2) is 0 Å². The zero-order valence-corrected chi connectivity index (χ0v) is 11.9. The molecule has 0 saturated heterocycles. The van der Waals surface area contributed by atoms with Crippen molar-refractivity contribution >= 4 is 38.9 Å². The third kappa shape index (κ3) is 2.88. The topological polar surface area (TPSA) is 23.9 Å². The maximum absolute atomic E-state index is 8.03. The maximum Gasteiger partial charge on any atom is 0.105 e. The molecule has 0 spiro atoms. The van der Waals surface area contributed by atoms with Crippen LogP contribution >= 0.6 is 23.1 Å². The van der Waals surface area contributed by atoms with Gasteiger partial charge in [0.1, 0.15) is 5.04 Å². The van der Waals surface area contributed by atoms with Crippen molar-refractivity contribution in [1.29, 1.82) is 5.41 Å². The summed E-state index contributed by atoms with van der Waals surface area (Å²) in [5.74, 6) is 0.849. The molecule has 0 aliphatic rings. The second-order valence-corrected chi connectivity index (χ2v) is 6.21. The van der Waals surface area contributed by atoms with E-state index in [-0.39, 0.29) is 0 Å². The van der Waals surface area contributed by atoms with Crippen LogP contribution in [0, 0.1) is 5.41 Å². The summed E-state index contributed by atoms with van der Waals surface area (Å²) >= 11 is 3.21. The van der Waals surface area contributed by atoms with E-state index in [1.165, 1.54) is 16.3 Å². The number of hydrogen-bond acceptors (Lipinski definition) is 3. The molecule has 0 unspecified atom stereocenters. The summed E-state index contributed by atoms with van der Waals surface area (Å²) < 4.78 is 0. The van der Waals surface area contributed by atoms with Crippen LogP contribution in [0.15, 0.2) is 60.0 Å². The minimum absolute atomic E-state index is 0.656. The van der Waals surface area contributed by atoms with Gasteiger partial charge in [-0.2, -0.15) is 0 Å². The number of rotatable bonds is 3. The lowest BCUT2D eigenvalue weighted by molar-refractivity contribution is 1.44. The number of thioether (sulfide) groups is 1. The van der Waals surface area contributed by atoms with Crippen molar-refractivity contribution in [3.8, 4) is 0 Å². The molecule has 0 fully saturated rings. The summed E-state index contributed by atoms with van der Waals surface area (Å²) in [5, 5.41) is 13.2. The van der Waals surface area contributed by atoms with Gasteiger partial charge in [0.2, 0.25) is 0 Å². The van der Waals surface area contributed by atoms with Crippen LogP contribution in [0.4, 0.5) is 0 Å². The standard InChI is InChI=1S/C16H13NS2/c17-16(15-6-3-9-18-15)19-11-12-7-8-13-4-1-2-5-14(13)10-12/h1-10,17H,11H2. The SMILES string of the molecule is N=C(SCc1ccc2ccccc2c1)c1cccs1. The van der Waals surface area contributed by atoms with Crippen molar-refractivity contribution in [2.24, 2.45) is 0 Å². The summed E-state index contributed by atoms with van der Waals surface area (Å²) in [6.07, 6.45) is 0. The zero-order valence-electron chi connectivity index (χ0n) is 10.3. The van der Waals surface area contributed by atoms with Gasteiger partial charge in [-0.1, -0.05) is 48.5 Å². The van der Waals surface area contributed by atoms with Gasteiger partial charge >= 0.3 is 0 Å². The first-order chi connectivity index (χ1) is 9.33. The van der Waals surface area contributed by atoms with Crippen LogP contribution in [0.3, 0.4) is 0 Å². The Hall–Kier alpha value is -1.58.